The van der Waals surface area contributed by atoms with Crippen LogP contribution in [0.1, 0.15) is 0 Å². The van der Waals surface area contributed by atoms with Crippen molar-refractivity contribution in [2.75, 3.05) is 0 Å². The van der Waals surface area contributed by atoms with E-state index in [1.807, 2.05) is 0 Å². The minimum Gasteiger partial charge on any atom is -0.817 e. The van der Waals surface area contributed by atoms with Gasteiger partial charge in [0.1, 0.15) is 0 Å². The van der Waals surface area contributed by atoms with E-state index in [9.17, 15) is 0 Å². The Balaban J connectivity index is -0.00000000500. The summed E-state index contributed by atoms with van der Waals surface area (Å²) >= 11 is 0. The van der Waals surface area contributed by atoms with Crippen LogP contribution < -0.4 is 0 Å². The molecule has 1 radical (unpaired) electrons. The Hall–Kier alpha value is 0.865. The van der Waals surface area contributed by atoms with Crippen molar-refractivity contribution in [1.82, 2.24) is 0 Å². The molecule has 0 aliphatic rings. The Labute approximate surface area is 54.9 Å². The summed E-state index contributed by atoms with van der Waals surface area (Å²) in [7, 11) is 0. The summed E-state index contributed by atoms with van der Waals surface area (Å²) in [6.45, 7) is 2.25. The molecule has 0 spiro atoms. The van der Waals surface area contributed by atoms with Crippen LogP contribution in [-0.4, -0.2) is 6.72 Å². The molecule has 0 rings (SSSR count). The molecular weight excluding hydrogens is 177 g/mol. The Kier molecular flexibility index (Phi) is 222. The van der Waals surface area contributed by atoms with Gasteiger partial charge in [-0.1, -0.05) is 0 Å². The van der Waals surface area contributed by atoms with Crippen LogP contribution in [0, 0.1) is 43.0 Å². The fourth-order valence-corrected chi connectivity index (χ4v) is 0. The molecule has 0 atom stereocenters. The molecule has 0 aromatic rings. The van der Waals surface area contributed by atoms with Gasteiger partial charge in [-0.05, 0) is 0 Å². The molecule has 0 saturated heterocycles. The zero-order chi connectivity index (χ0) is 2.00. The fourth-order valence-electron chi connectivity index (χ4n) is 0. The molecule has 2 heteroatoms. The van der Waals surface area contributed by atoms with Gasteiger partial charge in [0.05, 0.1) is 0 Å². The van der Waals surface area contributed by atoms with Crippen LogP contribution in [0.25, 0.3) is 5.41 Å². The van der Waals surface area contributed by atoms with E-state index in [4.69, 9.17) is 5.41 Å². The summed E-state index contributed by atoms with van der Waals surface area (Å²) in [5, 5.41) is 6.75. The normalized spacial score (nSPS) is 1.00. The van der Waals surface area contributed by atoms with Crippen LogP contribution in [0.15, 0.2) is 0 Å². The molecule has 0 aromatic heterocycles. The molecule has 0 N–H and O–H groups in total. The first-order valence-corrected chi connectivity index (χ1v) is 0.316. The van der Waals surface area contributed by atoms with Gasteiger partial charge in [0, 0.05) is 35.6 Å². The Morgan fingerprint density at radius 2 is 1.25 bits per heavy atom. The van der Waals surface area contributed by atoms with Gasteiger partial charge in [0.25, 0.3) is 0 Å². The molecule has 0 saturated carbocycles. The monoisotopic (exact) mass is 182 g/mol. The molecule has 0 amide bonds. The number of nitrogens with zero attached hydrogens (tertiary/aromatic N) is 1. The van der Waals surface area contributed by atoms with Crippen LogP contribution >= 0.6 is 0 Å². The van der Waals surface area contributed by atoms with Crippen LogP contribution in [0.2, 0.25) is 0 Å². The van der Waals surface area contributed by atoms with Crippen molar-refractivity contribution in [2.24, 2.45) is 0 Å². The smallest absolute Gasteiger partial charge is 0 e. The third-order valence-electron chi connectivity index (χ3n) is 0. The predicted octanol–water partition coefficient (Wildman–Crippen LogP) is 0.707. The molecule has 1 nitrogen and oxygen atoms in total. The fraction of sp³-hybridized carbons (Fsp3) is 0. The van der Waals surface area contributed by atoms with Crippen LogP contribution in [-0.2, 0) is 0 Å². The Bertz CT molecular complexity index is 6.00. The van der Waals surface area contributed by atoms with Crippen LogP contribution in [0.4, 0.5) is 0 Å². The van der Waals surface area contributed by atoms with Gasteiger partial charge < -0.3 is 12.8 Å². The number of rotatable bonds is 0. The summed E-state index contributed by atoms with van der Waals surface area (Å²) in [6.07, 6.45) is 0. The first-order chi connectivity index (χ1) is 1.00. The molecule has 0 aromatic carbocycles. The van der Waals surface area contributed by atoms with Crippen LogP contribution in [0.5, 0.6) is 0 Å². The molecule has 0 fully saturated rings. The van der Waals surface area contributed by atoms with Gasteiger partial charge in [0.15, 0.2) is 0 Å². The van der Waals surface area contributed by atoms with Crippen molar-refractivity contribution < 1.29 is 35.6 Å². The molecule has 0 unspecified atom stereocenters. The third-order valence-corrected chi connectivity index (χ3v) is 0. The zero-order valence-corrected chi connectivity index (χ0v) is 6.36. The summed E-state index contributed by atoms with van der Waals surface area (Å²) < 4.78 is 0. The Morgan fingerprint density at radius 1 is 1.25 bits per heavy atom. The first kappa shape index (κ1) is 20.9. The van der Waals surface area contributed by atoms with Crippen molar-refractivity contribution >= 4 is 6.72 Å². The number of hydrogen-bond donors (Lipinski definition) is 0. The Morgan fingerprint density at radius 3 is 1.25 bits per heavy atom. The number of hydrogen-bond acceptors (Lipinski definition) is 0. The second kappa shape index (κ2) is 42.4. The van der Waals surface area contributed by atoms with E-state index < -0.39 is 0 Å². The minimum absolute atomic E-state index is 0. The van der Waals surface area contributed by atoms with Crippen molar-refractivity contribution in [3.05, 3.63) is 12.8 Å². The van der Waals surface area contributed by atoms with E-state index in [1.165, 1.54) is 0 Å². The molecule has 4 heavy (non-hydrogen) atoms. The van der Waals surface area contributed by atoms with Gasteiger partial charge in [-0.25, -0.2) is 6.72 Å². The molecule has 0 heterocycles. The minimum atomic E-state index is 0. The van der Waals surface area contributed by atoms with Crippen molar-refractivity contribution in [3.63, 3.8) is 0 Å². The molecule has 0 aliphatic heterocycles. The van der Waals surface area contributed by atoms with Gasteiger partial charge in [-0.2, -0.15) is 0 Å². The van der Waals surface area contributed by atoms with E-state index in [1.54, 1.807) is 0 Å². The summed E-state index contributed by atoms with van der Waals surface area (Å²) in [4.78, 5) is 0. The van der Waals surface area contributed by atoms with E-state index in [0.717, 1.165) is 0 Å². The van der Waals surface area contributed by atoms with Crippen LogP contribution in [0.3, 0.4) is 0 Å². The van der Waals surface area contributed by atoms with Gasteiger partial charge in [-0.3, -0.25) is 0 Å². The average Bonchev–Trinajstić information content (AvgIpc) is 1.00. The first-order valence-electron chi connectivity index (χ1n) is 0.316. The van der Waals surface area contributed by atoms with Gasteiger partial charge >= 0.3 is 0 Å². The molecule has 0 bridgehead atoms. The van der Waals surface area contributed by atoms with Gasteiger partial charge in [0.2, 0.25) is 0 Å². The standard InChI is InChI=1S/CH2N.CH3.La/c1-2;;/h1H2;1H3;/q2*-1;. The molecular formula is C2H5LaN-2. The van der Waals surface area contributed by atoms with E-state index >= 15 is 0 Å². The van der Waals surface area contributed by atoms with E-state index in [2.05, 4.69) is 6.72 Å². The van der Waals surface area contributed by atoms with Crippen molar-refractivity contribution in [1.29, 1.82) is 0 Å². The summed E-state index contributed by atoms with van der Waals surface area (Å²) in [5.41, 5.74) is 0. The van der Waals surface area contributed by atoms with Gasteiger partial charge in [-0.15, -0.1) is 0 Å². The summed E-state index contributed by atoms with van der Waals surface area (Å²) in [6, 6.07) is 0. The topological polar surface area (TPSA) is 22.3 Å². The SMILES string of the molecule is C=[N-].[CH3-].[La]. The summed E-state index contributed by atoms with van der Waals surface area (Å²) in [5.74, 6) is 0. The zero-order valence-electron chi connectivity index (χ0n) is 2.73. The maximum absolute atomic E-state index is 6.75. The van der Waals surface area contributed by atoms with E-state index in [0.29, 0.717) is 0 Å². The predicted molar refractivity (Wildman–Crippen MR) is 16.9 cm³/mol. The maximum Gasteiger partial charge on any atom is 0 e. The van der Waals surface area contributed by atoms with E-state index in [-0.39, 0.29) is 43.0 Å². The third kappa shape index (κ3) is 13.3. The van der Waals surface area contributed by atoms with Crippen molar-refractivity contribution in [2.45, 2.75) is 0 Å². The second-order valence-electron chi connectivity index (χ2n) is 0. The second-order valence-corrected chi connectivity index (χ2v) is 0. The largest absolute Gasteiger partial charge is 0.817 e. The molecule has 0 aliphatic carbocycles. The maximum atomic E-state index is 6.75. The quantitative estimate of drug-likeness (QED) is 0.388. The molecule has 23 valence electrons. The van der Waals surface area contributed by atoms with Crippen molar-refractivity contribution in [3.8, 4) is 0 Å². The average molecular weight is 182 g/mol.